The van der Waals surface area contributed by atoms with Crippen LogP contribution in [0.2, 0.25) is 0 Å². The Morgan fingerprint density at radius 3 is 2.08 bits per heavy atom. The van der Waals surface area contributed by atoms with Crippen molar-refractivity contribution in [3.05, 3.63) is 62.3 Å². The fourth-order valence-corrected chi connectivity index (χ4v) is 2.33. The van der Waals surface area contributed by atoms with Gasteiger partial charge in [-0.15, -0.1) is 0 Å². The number of hydrogen-bond acceptors (Lipinski definition) is 7. The molecule has 0 saturated carbocycles. The number of anilines is 2. The van der Waals surface area contributed by atoms with Gasteiger partial charge in [0.05, 0.1) is 33.4 Å². The summed E-state index contributed by atoms with van der Waals surface area (Å²) in [6.45, 7) is 5.56. The molecule has 1 amide bonds. The van der Waals surface area contributed by atoms with Gasteiger partial charge in [-0.2, -0.15) is 0 Å². The highest BCUT2D eigenvalue weighted by atomic mass is 16.6. The van der Waals surface area contributed by atoms with Gasteiger partial charge >= 0.3 is 0 Å². The van der Waals surface area contributed by atoms with Crippen molar-refractivity contribution in [2.24, 2.45) is 0 Å². The van der Waals surface area contributed by atoms with Crippen LogP contribution in [0, 0.1) is 20.2 Å². The molecular weight excluding hydrogens is 342 g/mol. The monoisotopic (exact) mass is 359 g/mol. The van der Waals surface area contributed by atoms with Crippen molar-refractivity contribution in [2.75, 3.05) is 23.3 Å². The van der Waals surface area contributed by atoms with E-state index in [1.54, 1.807) is 12.1 Å². The quantitative estimate of drug-likeness (QED) is 0.593. The average molecular weight is 359 g/mol. The van der Waals surface area contributed by atoms with E-state index in [0.29, 0.717) is 5.69 Å². The van der Waals surface area contributed by atoms with E-state index in [0.717, 1.165) is 37.1 Å². The average Bonchev–Trinajstić information content (AvgIpc) is 2.63. The van der Waals surface area contributed by atoms with Crippen LogP contribution in [-0.4, -0.2) is 33.8 Å². The molecule has 136 valence electrons. The van der Waals surface area contributed by atoms with Crippen LogP contribution < -0.4 is 10.2 Å². The number of rotatable bonds is 7. The highest BCUT2D eigenvalue weighted by Gasteiger charge is 2.20. The molecule has 0 bridgehead atoms. The Morgan fingerprint density at radius 2 is 1.65 bits per heavy atom. The van der Waals surface area contributed by atoms with Crippen LogP contribution >= 0.6 is 0 Å². The smallest absolute Gasteiger partial charge is 0.277 e. The summed E-state index contributed by atoms with van der Waals surface area (Å²) in [6, 6.07) is 6.15. The number of hydrogen-bond donors (Lipinski definition) is 1. The van der Waals surface area contributed by atoms with Gasteiger partial charge in [-0.1, -0.05) is 0 Å². The molecule has 1 N–H and O–H groups in total. The predicted octanol–water partition coefficient (Wildman–Crippen LogP) is 3.00. The molecule has 0 aliphatic heterocycles. The lowest BCUT2D eigenvalue weighted by Gasteiger charge is -2.19. The third-order valence-electron chi connectivity index (χ3n) is 3.68. The second-order valence-electron chi connectivity index (χ2n) is 5.28. The van der Waals surface area contributed by atoms with Crippen molar-refractivity contribution < 1.29 is 14.6 Å². The van der Waals surface area contributed by atoms with Gasteiger partial charge < -0.3 is 10.2 Å². The number of amides is 1. The Kier molecular flexibility index (Phi) is 5.78. The largest absolute Gasteiger partial charge is 0.357 e. The normalized spacial score (nSPS) is 10.2. The summed E-state index contributed by atoms with van der Waals surface area (Å²) in [6.07, 6.45) is 1.46. The maximum absolute atomic E-state index is 12.3. The lowest BCUT2D eigenvalue weighted by atomic mass is 10.1. The number of nitro benzene ring substituents is 2. The Labute approximate surface area is 148 Å². The molecule has 10 heteroatoms. The molecule has 0 spiro atoms. The van der Waals surface area contributed by atoms with Crippen molar-refractivity contribution in [1.29, 1.82) is 0 Å². The van der Waals surface area contributed by atoms with E-state index in [9.17, 15) is 25.0 Å². The Balaban J connectivity index is 2.24. The second kappa shape index (κ2) is 8.01. The van der Waals surface area contributed by atoms with Gasteiger partial charge in [-0.3, -0.25) is 25.0 Å². The van der Waals surface area contributed by atoms with E-state index in [4.69, 9.17) is 0 Å². The third kappa shape index (κ3) is 4.29. The van der Waals surface area contributed by atoms with Gasteiger partial charge in [0.15, 0.2) is 0 Å². The van der Waals surface area contributed by atoms with Gasteiger partial charge in [0, 0.05) is 25.2 Å². The highest BCUT2D eigenvalue weighted by molar-refractivity contribution is 6.05. The molecule has 0 unspecified atom stereocenters. The molecule has 26 heavy (non-hydrogen) atoms. The molecule has 0 aliphatic rings. The molecule has 0 aliphatic carbocycles. The first-order valence-electron chi connectivity index (χ1n) is 7.82. The molecule has 1 aromatic heterocycles. The molecule has 0 saturated heterocycles. The second-order valence-corrected chi connectivity index (χ2v) is 5.28. The summed E-state index contributed by atoms with van der Waals surface area (Å²) in [5.41, 5.74) is -0.863. The summed E-state index contributed by atoms with van der Waals surface area (Å²) >= 11 is 0. The first kappa shape index (κ1) is 18.8. The summed E-state index contributed by atoms with van der Waals surface area (Å²) < 4.78 is 0. The van der Waals surface area contributed by atoms with Crippen molar-refractivity contribution >= 4 is 28.8 Å². The number of pyridine rings is 1. The van der Waals surface area contributed by atoms with Gasteiger partial charge in [-0.25, -0.2) is 4.98 Å². The van der Waals surface area contributed by atoms with E-state index in [1.807, 2.05) is 18.7 Å². The lowest BCUT2D eigenvalue weighted by Crippen LogP contribution is -2.22. The standard InChI is InChI=1S/C16H17N5O5/c1-3-19(4-2)15-6-5-12(10-17-15)18-16(22)11-7-13(20(23)24)9-14(8-11)21(25)26/h5-10H,3-4H2,1-2H3,(H,18,22). The molecule has 2 rings (SSSR count). The van der Waals surface area contributed by atoms with Gasteiger partial charge in [0.1, 0.15) is 5.82 Å². The highest BCUT2D eigenvalue weighted by Crippen LogP contribution is 2.23. The van der Waals surface area contributed by atoms with Gasteiger partial charge in [0.25, 0.3) is 17.3 Å². The van der Waals surface area contributed by atoms with Crippen LogP contribution in [0.1, 0.15) is 24.2 Å². The number of non-ortho nitro benzene ring substituents is 2. The molecule has 2 aromatic rings. The topological polar surface area (TPSA) is 132 Å². The summed E-state index contributed by atoms with van der Waals surface area (Å²) in [5.74, 6) is 0.0492. The zero-order valence-corrected chi connectivity index (χ0v) is 14.2. The SMILES string of the molecule is CCN(CC)c1ccc(NC(=O)c2cc([N+](=O)[O-])cc([N+](=O)[O-])c2)cn1. The minimum atomic E-state index is -0.787. The van der Waals surface area contributed by atoms with Crippen LogP contribution in [0.4, 0.5) is 22.9 Å². The van der Waals surface area contributed by atoms with Crippen LogP contribution in [0.5, 0.6) is 0 Å². The first-order valence-corrected chi connectivity index (χ1v) is 7.82. The molecular formula is C16H17N5O5. The van der Waals surface area contributed by atoms with E-state index in [-0.39, 0.29) is 5.56 Å². The fraction of sp³-hybridized carbons (Fsp3) is 0.250. The molecule has 0 radical (unpaired) electrons. The Bertz CT molecular complexity index is 801. The van der Waals surface area contributed by atoms with Crippen molar-refractivity contribution in [2.45, 2.75) is 13.8 Å². The molecule has 0 fully saturated rings. The summed E-state index contributed by atoms with van der Waals surface area (Å²) in [7, 11) is 0. The number of carbonyl (C=O) groups excluding carboxylic acids is 1. The number of nitro groups is 2. The number of benzene rings is 1. The van der Waals surface area contributed by atoms with Crippen molar-refractivity contribution in [1.82, 2.24) is 4.98 Å². The first-order chi connectivity index (χ1) is 12.3. The van der Waals surface area contributed by atoms with Gasteiger partial charge in [0.2, 0.25) is 0 Å². The van der Waals surface area contributed by atoms with Crippen molar-refractivity contribution in [3.63, 3.8) is 0 Å². The Morgan fingerprint density at radius 1 is 1.08 bits per heavy atom. The Hall–Kier alpha value is -3.56. The minimum Gasteiger partial charge on any atom is -0.357 e. The van der Waals surface area contributed by atoms with Crippen LogP contribution in [0.15, 0.2) is 36.5 Å². The summed E-state index contributed by atoms with van der Waals surface area (Å²) in [4.78, 5) is 38.8. The zero-order valence-electron chi connectivity index (χ0n) is 14.2. The van der Waals surface area contributed by atoms with Crippen molar-refractivity contribution in [3.8, 4) is 0 Å². The van der Waals surface area contributed by atoms with Crippen LogP contribution in [-0.2, 0) is 0 Å². The third-order valence-corrected chi connectivity index (χ3v) is 3.68. The zero-order chi connectivity index (χ0) is 19.3. The maximum atomic E-state index is 12.3. The van der Waals surface area contributed by atoms with Crippen LogP contribution in [0.3, 0.4) is 0 Å². The van der Waals surface area contributed by atoms with E-state index < -0.39 is 27.1 Å². The number of aromatic nitrogens is 1. The molecule has 1 heterocycles. The van der Waals surface area contributed by atoms with E-state index in [2.05, 4.69) is 10.3 Å². The molecule has 0 atom stereocenters. The van der Waals surface area contributed by atoms with Crippen LogP contribution in [0.25, 0.3) is 0 Å². The van der Waals surface area contributed by atoms with Gasteiger partial charge in [-0.05, 0) is 26.0 Å². The fourth-order valence-electron chi connectivity index (χ4n) is 2.33. The minimum absolute atomic E-state index is 0.182. The number of nitrogens with one attached hydrogen (secondary N) is 1. The predicted molar refractivity (Wildman–Crippen MR) is 95.5 cm³/mol. The molecule has 1 aromatic carbocycles. The lowest BCUT2D eigenvalue weighted by molar-refractivity contribution is -0.394. The van der Waals surface area contributed by atoms with E-state index >= 15 is 0 Å². The summed E-state index contributed by atoms with van der Waals surface area (Å²) in [5, 5.41) is 24.3. The number of carbonyl (C=O) groups is 1. The maximum Gasteiger partial charge on any atom is 0.277 e. The number of nitrogens with zero attached hydrogens (tertiary/aromatic N) is 4. The van der Waals surface area contributed by atoms with E-state index in [1.165, 1.54) is 6.20 Å². The molecule has 10 nitrogen and oxygen atoms in total.